The van der Waals surface area contributed by atoms with Crippen LogP contribution in [-0.2, 0) is 16.0 Å². The Labute approximate surface area is 159 Å². The molecule has 3 heterocycles. The number of aliphatic hydroxyl groups is 1. The number of H-pyrrole nitrogens is 1. The van der Waals surface area contributed by atoms with Gasteiger partial charge in [-0.2, -0.15) is 0 Å². The maximum absolute atomic E-state index is 12.7. The normalized spacial score (nSPS) is 24.6. The van der Waals surface area contributed by atoms with Gasteiger partial charge in [0.2, 0.25) is 5.91 Å². The fraction of sp³-hybridized carbons (Fsp3) is 0.737. The van der Waals surface area contributed by atoms with Crippen LogP contribution in [0.5, 0.6) is 0 Å². The largest absolute Gasteiger partial charge is 0.388 e. The van der Waals surface area contributed by atoms with E-state index in [1.54, 1.807) is 18.7 Å². The highest BCUT2D eigenvalue weighted by Crippen LogP contribution is 2.24. The van der Waals surface area contributed by atoms with E-state index in [1.807, 2.05) is 0 Å². The molecule has 8 heteroatoms. The van der Waals surface area contributed by atoms with Gasteiger partial charge >= 0.3 is 0 Å². The van der Waals surface area contributed by atoms with E-state index in [4.69, 9.17) is 4.74 Å². The molecule has 0 unspecified atom stereocenters. The number of morpholine rings is 1. The molecule has 0 bridgehead atoms. The summed E-state index contributed by atoms with van der Waals surface area (Å²) >= 11 is 0. The number of nitrogens with zero attached hydrogens (tertiary/aromatic N) is 3. The average molecular weight is 378 g/mol. The summed E-state index contributed by atoms with van der Waals surface area (Å²) in [5, 5.41) is 11.0. The van der Waals surface area contributed by atoms with Crippen molar-refractivity contribution in [2.45, 2.75) is 45.1 Å². The number of aromatic nitrogens is 2. The van der Waals surface area contributed by atoms with Crippen LogP contribution in [0.3, 0.4) is 0 Å². The Morgan fingerprint density at radius 2 is 1.96 bits per heavy atom. The Bertz CT molecular complexity index is 729. The molecule has 1 aromatic rings. The van der Waals surface area contributed by atoms with Crippen molar-refractivity contribution in [1.29, 1.82) is 0 Å². The topological polar surface area (TPSA) is 98.8 Å². The molecule has 2 N–H and O–H groups in total. The number of rotatable bonds is 4. The molecular weight excluding hydrogens is 348 g/mol. The molecule has 0 aliphatic carbocycles. The Morgan fingerprint density at radius 1 is 1.22 bits per heavy atom. The third kappa shape index (κ3) is 5.15. The average Bonchev–Trinajstić information content (AvgIpc) is 2.80. The van der Waals surface area contributed by atoms with Crippen LogP contribution in [-0.4, -0.2) is 82.3 Å². The number of nitrogens with one attached hydrogen (secondary N) is 1. The molecule has 2 aliphatic rings. The van der Waals surface area contributed by atoms with E-state index in [2.05, 4.69) is 14.9 Å². The molecule has 0 radical (unpaired) electrons. The van der Waals surface area contributed by atoms with Crippen molar-refractivity contribution in [3.63, 3.8) is 0 Å². The minimum Gasteiger partial charge on any atom is -0.388 e. The SMILES string of the molecule is Cc1nc(C)c(CC(=O)N2CCC[C@@](O)(CN3CCOCC3)CC2)c(=O)[nH]1. The number of amides is 1. The molecule has 2 aliphatic heterocycles. The molecular formula is C19H30N4O4. The molecule has 150 valence electrons. The molecule has 2 saturated heterocycles. The molecule has 0 saturated carbocycles. The number of carbonyl (C=O) groups excluding carboxylic acids is 1. The zero-order chi connectivity index (χ0) is 19.4. The predicted molar refractivity (Wildman–Crippen MR) is 101 cm³/mol. The van der Waals surface area contributed by atoms with Gasteiger partial charge in [0.25, 0.3) is 5.56 Å². The second kappa shape index (κ2) is 8.50. The fourth-order valence-corrected chi connectivity index (χ4v) is 3.98. The number of ether oxygens (including phenoxy) is 1. The van der Waals surface area contributed by atoms with Gasteiger partial charge < -0.3 is 19.7 Å². The summed E-state index contributed by atoms with van der Waals surface area (Å²) in [4.78, 5) is 35.8. The summed E-state index contributed by atoms with van der Waals surface area (Å²) in [6.07, 6.45) is 2.04. The number of hydrogen-bond donors (Lipinski definition) is 2. The van der Waals surface area contributed by atoms with Crippen molar-refractivity contribution in [2.24, 2.45) is 0 Å². The lowest BCUT2D eigenvalue weighted by Gasteiger charge is -2.35. The Balaban J connectivity index is 1.60. The standard InChI is InChI=1S/C19H30N4O4/c1-14-16(18(25)21-15(2)20-14)12-17(24)23-6-3-4-19(26,5-7-23)13-22-8-10-27-11-9-22/h26H,3-13H2,1-2H3,(H,20,21,25)/t19-/m0/s1. The first-order valence-electron chi connectivity index (χ1n) is 9.73. The summed E-state index contributed by atoms with van der Waals surface area (Å²) < 4.78 is 5.37. The van der Waals surface area contributed by atoms with E-state index in [0.717, 1.165) is 19.5 Å². The molecule has 1 amide bonds. The molecule has 0 aromatic carbocycles. The number of β-amino-alcohol motifs (C(OH)–C–C–N with tert-alkyl or cyclic N) is 1. The van der Waals surface area contributed by atoms with Crippen molar-refractivity contribution < 1.29 is 14.6 Å². The lowest BCUT2D eigenvalue weighted by Crippen LogP contribution is -2.48. The summed E-state index contributed by atoms with van der Waals surface area (Å²) in [6.45, 7) is 8.33. The van der Waals surface area contributed by atoms with E-state index in [9.17, 15) is 14.7 Å². The lowest BCUT2D eigenvalue weighted by atomic mass is 9.94. The van der Waals surface area contributed by atoms with Gasteiger partial charge in [0, 0.05) is 44.0 Å². The van der Waals surface area contributed by atoms with Crippen LogP contribution in [0.25, 0.3) is 0 Å². The van der Waals surface area contributed by atoms with Gasteiger partial charge in [-0.3, -0.25) is 14.5 Å². The third-order valence-electron chi connectivity index (χ3n) is 5.56. The Morgan fingerprint density at radius 3 is 2.67 bits per heavy atom. The number of hydrogen-bond acceptors (Lipinski definition) is 6. The zero-order valence-corrected chi connectivity index (χ0v) is 16.3. The highest BCUT2D eigenvalue weighted by Gasteiger charge is 2.33. The number of aryl methyl sites for hydroxylation is 2. The Hall–Kier alpha value is -1.77. The molecule has 0 spiro atoms. The fourth-order valence-electron chi connectivity index (χ4n) is 3.98. The van der Waals surface area contributed by atoms with Crippen molar-refractivity contribution in [3.05, 3.63) is 27.4 Å². The summed E-state index contributed by atoms with van der Waals surface area (Å²) in [5.41, 5.74) is 0.0132. The highest BCUT2D eigenvalue weighted by molar-refractivity contribution is 5.79. The van der Waals surface area contributed by atoms with Crippen molar-refractivity contribution in [1.82, 2.24) is 19.8 Å². The highest BCUT2D eigenvalue weighted by atomic mass is 16.5. The van der Waals surface area contributed by atoms with E-state index in [0.29, 0.717) is 62.8 Å². The molecule has 27 heavy (non-hydrogen) atoms. The van der Waals surface area contributed by atoms with Gasteiger partial charge in [0.1, 0.15) is 5.82 Å². The smallest absolute Gasteiger partial charge is 0.254 e. The van der Waals surface area contributed by atoms with Gasteiger partial charge in [0.05, 0.1) is 25.2 Å². The molecule has 2 fully saturated rings. The molecule has 3 rings (SSSR count). The first-order valence-corrected chi connectivity index (χ1v) is 9.73. The monoisotopic (exact) mass is 378 g/mol. The van der Waals surface area contributed by atoms with Crippen LogP contribution in [0.15, 0.2) is 4.79 Å². The number of carbonyl (C=O) groups is 1. The third-order valence-corrected chi connectivity index (χ3v) is 5.56. The van der Waals surface area contributed by atoms with Crippen LogP contribution >= 0.6 is 0 Å². The van der Waals surface area contributed by atoms with Crippen LogP contribution in [0.1, 0.15) is 36.3 Å². The quantitative estimate of drug-likeness (QED) is 0.766. The van der Waals surface area contributed by atoms with E-state index in [-0.39, 0.29) is 17.9 Å². The van der Waals surface area contributed by atoms with Crippen molar-refractivity contribution >= 4 is 5.91 Å². The Kier molecular flexibility index (Phi) is 6.29. The summed E-state index contributed by atoms with van der Waals surface area (Å²) in [7, 11) is 0. The van der Waals surface area contributed by atoms with E-state index >= 15 is 0 Å². The minimum absolute atomic E-state index is 0.0519. The first kappa shape index (κ1) is 20.0. The van der Waals surface area contributed by atoms with Crippen LogP contribution in [0, 0.1) is 13.8 Å². The summed E-state index contributed by atoms with van der Waals surface area (Å²) in [5.74, 6) is 0.474. The molecule has 1 atom stereocenters. The van der Waals surface area contributed by atoms with E-state index in [1.165, 1.54) is 0 Å². The van der Waals surface area contributed by atoms with Crippen LogP contribution in [0.2, 0.25) is 0 Å². The van der Waals surface area contributed by atoms with Crippen molar-refractivity contribution in [3.8, 4) is 0 Å². The number of likely N-dealkylation sites (tertiary alicyclic amines) is 1. The molecule has 1 aromatic heterocycles. The first-order chi connectivity index (χ1) is 12.9. The zero-order valence-electron chi connectivity index (χ0n) is 16.3. The van der Waals surface area contributed by atoms with Gasteiger partial charge in [-0.15, -0.1) is 0 Å². The van der Waals surface area contributed by atoms with Gasteiger partial charge in [-0.05, 0) is 33.1 Å². The van der Waals surface area contributed by atoms with E-state index < -0.39 is 5.60 Å². The van der Waals surface area contributed by atoms with Crippen LogP contribution in [0.4, 0.5) is 0 Å². The van der Waals surface area contributed by atoms with Gasteiger partial charge in [0.15, 0.2) is 0 Å². The van der Waals surface area contributed by atoms with Crippen molar-refractivity contribution in [2.75, 3.05) is 45.9 Å². The maximum atomic E-state index is 12.7. The summed E-state index contributed by atoms with van der Waals surface area (Å²) in [6, 6.07) is 0. The lowest BCUT2D eigenvalue weighted by molar-refractivity contribution is -0.130. The number of aromatic amines is 1. The second-order valence-electron chi connectivity index (χ2n) is 7.74. The van der Waals surface area contributed by atoms with Gasteiger partial charge in [-0.1, -0.05) is 0 Å². The van der Waals surface area contributed by atoms with Crippen LogP contribution < -0.4 is 5.56 Å². The minimum atomic E-state index is -0.773. The van der Waals surface area contributed by atoms with Gasteiger partial charge in [-0.25, -0.2) is 4.98 Å². The second-order valence-corrected chi connectivity index (χ2v) is 7.74. The maximum Gasteiger partial charge on any atom is 0.254 e. The molecule has 8 nitrogen and oxygen atoms in total. The predicted octanol–water partition coefficient (Wildman–Crippen LogP) is 0.00504.